The highest BCUT2D eigenvalue weighted by molar-refractivity contribution is 6.30. The molecule has 0 aliphatic rings. The summed E-state index contributed by atoms with van der Waals surface area (Å²) in [5, 5.41) is 4.57. The molecule has 126 valence electrons. The van der Waals surface area contributed by atoms with Crippen LogP contribution in [0.4, 0.5) is 0 Å². The molecule has 0 saturated heterocycles. The number of ether oxygens (including phenoxy) is 1. The Kier molecular flexibility index (Phi) is 6.38. The van der Waals surface area contributed by atoms with E-state index >= 15 is 0 Å². The summed E-state index contributed by atoms with van der Waals surface area (Å²) >= 11 is 5.81. The van der Waals surface area contributed by atoms with E-state index in [1.807, 2.05) is 37.3 Å². The van der Waals surface area contributed by atoms with Gasteiger partial charge < -0.3 is 4.74 Å². The first-order valence-corrected chi connectivity index (χ1v) is 8.14. The molecule has 0 saturated carbocycles. The lowest BCUT2D eigenvalue weighted by atomic mass is 10.0. The number of carbonyl (C=O) groups is 1. The summed E-state index contributed by atoms with van der Waals surface area (Å²) in [6.07, 6.45) is 1.56. The van der Waals surface area contributed by atoms with Gasteiger partial charge in [0, 0.05) is 5.02 Å². The van der Waals surface area contributed by atoms with Gasteiger partial charge in [-0.1, -0.05) is 49.7 Å². The SMILES string of the molecule is Cc1ccc(C(C)C)c(OCC(=O)N/N=C/c2ccc(Cl)cc2)c1. The van der Waals surface area contributed by atoms with Crippen molar-refractivity contribution in [2.24, 2.45) is 5.10 Å². The lowest BCUT2D eigenvalue weighted by Gasteiger charge is -2.14. The van der Waals surface area contributed by atoms with Crippen LogP contribution in [0.15, 0.2) is 47.6 Å². The van der Waals surface area contributed by atoms with E-state index in [1.165, 1.54) is 0 Å². The zero-order valence-corrected chi connectivity index (χ0v) is 14.8. The van der Waals surface area contributed by atoms with E-state index < -0.39 is 0 Å². The van der Waals surface area contributed by atoms with Crippen molar-refractivity contribution in [2.75, 3.05) is 6.61 Å². The lowest BCUT2D eigenvalue weighted by Crippen LogP contribution is -2.25. The van der Waals surface area contributed by atoms with Crippen LogP contribution >= 0.6 is 11.6 Å². The minimum atomic E-state index is -0.309. The number of nitrogens with zero attached hydrogens (tertiary/aromatic N) is 1. The van der Waals surface area contributed by atoms with E-state index in [9.17, 15) is 4.79 Å². The number of benzene rings is 2. The Hall–Kier alpha value is -2.33. The van der Waals surface area contributed by atoms with Gasteiger partial charge in [0.2, 0.25) is 0 Å². The molecule has 0 bridgehead atoms. The highest BCUT2D eigenvalue weighted by Gasteiger charge is 2.09. The van der Waals surface area contributed by atoms with E-state index in [0.717, 1.165) is 22.4 Å². The maximum Gasteiger partial charge on any atom is 0.277 e. The molecule has 2 aromatic carbocycles. The van der Waals surface area contributed by atoms with Crippen molar-refractivity contribution in [3.63, 3.8) is 0 Å². The summed E-state index contributed by atoms with van der Waals surface area (Å²) in [6.45, 7) is 6.09. The first kappa shape index (κ1) is 18.0. The van der Waals surface area contributed by atoms with E-state index in [0.29, 0.717) is 10.9 Å². The fourth-order valence-electron chi connectivity index (χ4n) is 2.15. The van der Waals surface area contributed by atoms with Gasteiger partial charge in [0.1, 0.15) is 5.75 Å². The van der Waals surface area contributed by atoms with Crippen LogP contribution in [0.5, 0.6) is 5.75 Å². The molecule has 24 heavy (non-hydrogen) atoms. The minimum Gasteiger partial charge on any atom is -0.483 e. The van der Waals surface area contributed by atoms with Crippen LogP contribution in [0.1, 0.15) is 36.5 Å². The van der Waals surface area contributed by atoms with E-state index in [-0.39, 0.29) is 12.5 Å². The maximum absolute atomic E-state index is 11.9. The van der Waals surface area contributed by atoms with Gasteiger partial charge in [-0.05, 0) is 47.7 Å². The second kappa shape index (κ2) is 8.50. The number of nitrogens with one attached hydrogen (secondary N) is 1. The Morgan fingerprint density at radius 3 is 2.62 bits per heavy atom. The Bertz CT molecular complexity index is 725. The molecule has 0 atom stereocenters. The summed E-state index contributed by atoms with van der Waals surface area (Å²) < 4.78 is 5.66. The van der Waals surface area contributed by atoms with E-state index in [2.05, 4.69) is 24.4 Å². The lowest BCUT2D eigenvalue weighted by molar-refractivity contribution is -0.123. The van der Waals surface area contributed by atoms with Crippen LogP contribution in [-0.4, -0.2) is 18.7 Å². The zero-order valence-electron chi connectivity index (χ0n) is 14.0. The molecular formula is C19H21ClN2O2. The average Bonchev–Trinajstić information content (AvgIpc) is 2.54. The first-order chi connectivity index (χ1) is 11.5. The molecule has 2 rings (SSSR count). The Labute approximate surface area is 147 Å². The van der Waals surface area contributed by atoms with Crippen molar-refractivity contribution in [1.29, 1.82) is 0 Å². The summed E-state index contributed by atoms with van der Waals surface area (Å²) in [6, 6.07) is 13.2. The smallest absolute Gasteiger partial charge is 0.277 e. The maximum atomic E-state index is 11.9. The summed E-state index contributed by atoms with van der Waals surface area (Å²) in [4.78, 5) is 11.9. The van der Waals surface area contributed by atoms with Gasteiger partial charge in [-0.25, -0.2) is 5.43 Å². The van der Waals surface area contributed by atoms with Crippen molar-refractivity contribution < 1.29 is 9.53 Å². The normalized spacial score (nSPS) is 11.0. The molecule has 0 fully saturated rings. The zero-order chi connectivity index (χ0) is 17.5. The summed E-state index contributed by atoms with van der Waals surface area (Å²) in [5.74, 6) is 0.754. The van der Waals surface area contributed by atoms with Gasteiger partial charge >= 0.3 is 0 Å². The number of amides is 1. The number of halogens is 1. The third kappa shape index (κ3) is 5.39. The fourth-order valence-corrected chi connectivity index (χ4v) is 2.27. The molecule has 0 aromatic heterocycles. The van der Waals surface area contributed by atoms with Gasteiger partial charge in [-0.15, -0.1) is 0 Å². The van der Waals surface area contributed by atoms with Crippen LogP contribution in [0.2, 0.25) is 5.02 Å². The molecule has 0 radical (unpaired) electrons. The van der Waals surface area contributed by atoms with Gasteiger partial charge in [0.25, 0.3) is 5.91 Å². The van der Waals surface area contributed by atoms with Crippen molar-refractivity contribution in [2.45, 2.75) is 26.7 Å². The third-order valence-electron chi connectivity index (χ3n) is 3.42. The second-order valence-corrected chi connectivity index (χ2v) is 6.27. The average molecular weight is 345 g/mol. The van der Waals surface area contributed by atoms with E-state index in [4.69, 9.17) is 16.3 Å². The quantitative estimate of drug-likeness (QED) is 0.627. The topological polar surface area (TPSA) is 50.7 Å². The molecule has 0 spiro atoms. The molecule has 2 aromatic rings. The molecule has 0 aliphatic heterocycles. The molecular weight excluding hydrogens is 324 g/mol. The Morgan fingerprint density at radius 1 is 1.25 bits per heavy atom. The number of carbonyl (C=O) groups excluding carboxylic acids is 1. The highest BCUT2D eigenvalue weighted by atomic mass is 35.5. The molecule has 1 N–H and O–H groups in total. The van der Waals surface area contributed by atoms with Gasteiger partial charge in [-0.3, -0.25) is 4.79 Å². The molecule has 4 nitrogen and oxygen atoms in total. The third-order valence-corrected chi connectivity index (χ3v) is 3.67. The number of hydrogen-bond donors (Lipinski definition) is 1. The molecule has 5 heteroatoms. The first-order valence-electron chi connectivity index (χ1n) is 7.76. The predicted octanol–water partition coefficient (Wildman–Crippen LogP) is 4.30. The largest absolute Gasteiger partial charge is 0.483 e. The number of rotatable bonds is 6. The van der Waals surface area contributed by atoms with Crippen molar-refractivity contribution >= 4 is 23.7 Å². The number of hydrogen-bond acceptors (Lipinski definition) is 3. The van der Waals surface area contributed by atoms with Crippen molar-refractivity contribution in [3.8, 4) is 5.75 Å². The predicted molar refractivity (Wildman–Crippen MR) is 98.0 cm³/mol. The van der Waals surface area contributed by atoms with Crippen LogP contribution < -0.4 is 10.2 Å². The Morgan fingerprint density at radius 2 is 1.96 bits per heavy atom. The van der Waals surface area contributed by atoms with Gasteiger partial charge in [0.15, 0.2) is 6.61 Å². The summed E-state index contributed by atoms with van der Waals surface area (Å²) in [7, 11) is 0. The highest BCUT2D eigenvalue weighted by Crippen LogP contribution is 2.27. The molecule has 0 heterocycles. The van der Waals surface area contributed by atoms with Crippen LogP contribution in [0.25, 0.3) is 0 Å². The van der Waals surface area contributed by atoms with E-state index in [1.54, 1.807) is 18.3 Å². The minimum absolute atomic E-state index is 0.0822. The fraction of sp³-hybridized carbons (Fsp3) is 0.263. The molecule has 0 aliphatic carbocycles. The van der Waals surface area contributed by atoms with Gasteiger partial charge in [0.05, 0.1) is 6.21 Å². The second-order valence-electron chi connectivity index (χ2n) is 5.83. The van der Waals surface area contributed by atoms with Gasteiger partial charge in [-0.2, -0.15) is 5.10 Å². The van der Waals surface area contributed by atoms with Crippen molar-refractivity contribution in [3.05, 3.63) is 64.2 Å². The van der Waals surface area contributed by atoms with Crippen molar-refractivity contribution in [1.82, 2.24) is 5.43 Å². The van der Waals surface area contributed by atoms with Crippen LogP contribution in [0, 0.1) is 6.92 Å². The molecule has 1 amide bonds. The van der Waals surface area contributed by atoms with Crippen LogP contribution in [0.3, 0.4) is 0 Å². The monoisotopic (exact) mass is 344 g/mol. The van der Waals surface area contributed by atoms with Crippen LogP contribution in [-0.2, 0) is 4.79 Å². The number of aryl methyl sites for hydroxylation is 1. The Balaban J connectivity index is 1.89. The summed E-state index contributed by atoms with van der Waals surface area (Å²) in [5.41, 5.74) is 5.48. The standard InChI is InChI=1S/C19H21ClN2O2/c1-13(2)17-9-4-14(3)10-18(17)24-12-19(23)22-21-11-15-5-7-16(20)8-6-15/h4-11,13H,12H2,1-3H3,(H,22,23)/b21-11+. The molecule has 0 unspecified atom stereocenters. The number of hydrazone groups is 1.